The van der Waals surface area contributed by atoms with Crippen LogP contribution in [0.15, 0.2) is 0 Å². The molecule has 1 aliphatic rings. The summed E-state index contributed by atoms with van der Waals surface area (Å²) >= 11 is 0. The largest absolute Gasteiger partial charge is 0.394 e. The van der Waals surface area contributed by atoms with Crippen LogP contribution < -0.4 is 5.73 Å². The van der Waals surface area contributed by atoms with E-state index in [0.717, 1.165) is 0 Å². The minimum atomic E-state index is -1.50. The Morgan fingerprint density at radius 2 is 1.94 bits per heavy atom. The molecule has 0 bridgehead atoms. The first-order valence-corrected chi connectivity index (χ1v) is 5.61. The molecular formula is C10H19NO7. The Kier molecular flexibility index (Phi) is 5.45. The van der Waals surface area contributed by atoms with Gasteiger partial charge in [0.15, 0.2) is 6.29 Å². The molecule has 18 heavy (non-hydrogen) atoms. The molecule has 0 aromatic heterocycles. The van der Waals surface area contributed by atoms with Gasteiger partial charge in [-0.2, -0.15) is 0 Å². The summed E-state index contributed by atoms with van der Waals surface area (Å²) in [6.07, 6.45) is -7.38. The number of carbonyl (C=O) groups is 1. The lowest BCUT2D eigenvalue weighted by Gasteiger charge is -2.40. The predicted molar refractivity (Wildman–Crippen MR) is 58.1 cm³/mol. The van der Waals surface area contributed by atoms with Gasteiger partial charge < -0.3 is 35.6 Å². The molecule has 3 unspecified atom stereocenters. The lowest BCUT2D eigenvalue weighted by Crippen LogP contribution is -2.59. The molecule has 0 aromatic carbocycles. The van der Waals surface area contributed by atoms with Crippen LogP contribution >= 0.6 is 0 Å². The Morgan fingerprint density at radius 3 is 2.44 bits per heavy atom. The number of hydrogen-bond acceptors (Lipinski definition) is 7. The Bertz CT molecular complexity index is 285. The second-order valence-corrected chi connectivity index (χ2v) is 4.31. The van der Waals surface area contributed by atoms with Crippen molar-refractivity contribution < 1.29 is 34.7 Å². The highest BCUT2D eigenvalue weighted by Crippen LogP contribution is 2.23. The minimum absolute atomic E-state index is 0.0744. The monoisotopic (exact) mass is 265 g/mol. The van der Waals surface area contributed by atoms with E-state index in [1.807, 2.05) is 0 Å². The first-order chi connectivity index (χ1) is 8.36. The first kappa shape index (κ1) is 15.3. The number of carbonyl (C=O) groups excluding carboxylic acids is 1. The second-order valence-electron chi connectivity index (χ2n) is 4.31. The number of ether oxygens (including phenoxy) is 2. The minimum Gasteiger partial charge on any atom is -0.394 e. The summed E-state index contributed by atoms with van der Waals surface area (Å²) in [6.45, 7) is 1.02. The number of nitrogens with two attached hydrogens (primary N) is 1. The van der Waals surface area contributed by atoms with Crippen LogP contribution in [0.1, 0.15) is 13.3 Å². The summed E-state index contributed by atoms with van der Waals surface area (Å²) < 4.78 is 10.3. The predicted octanol–water partition coefficient (Wildman–Crippen LogP) is -2.93. The van der Waals surface area contributed by atoms with Crippen molar-refractivity contribution in [2.45, 2.75) is 50.2 Å². The molecule has 6 N–H and O–H groups in total. The fraction of sp³-hybridized carbons (Fsp3) is 0.900. The van der Waals surface area contributed by atoms with Crippen LogP contribution in [0.25, 0.3) is 0 Å². The van der Waals surface area contributed by atoms with Crippen molar-refractivity contribution in [2.24, 2.45) is 5.73 Å². The van der Waals surface area contributed by atoms with E-state index in [4.69, 9.17) is 20.3 Å². The highest BCUT2D eigenvalue weighted by atomic mass is 16.7. The van der Waals surface area contributed by atoms with Crippen molar-refractivity contribution >= 4 is 5.91 Å². The molecule has 1 heterocycles. The number of primary amides is 1. The summed E-state index contributed by atoms with van der Waals surface area (Å²) in [5.41, 5.74) is 4.98. The highest BCUT2D eigenvalue weighted by molar-refractivity contribution is 5.74. The number of rotatable bonds is 5. The number of hydrogen-bond donors (Lipinski definition) is 5. The van der Waals surface area contributed by atoms with Gasteiger partial charge in [0, 0.05) is 0 Å². The lowest BCUT2D eigenvalue weighted by molar-refractivity contribution is -0.309. The molecule has 0 radical (unpaired) electrons. The average Bonchev–Trinajstić information content (AvgIpc) is 2.29. The zero-order valence-electron chi connectivity index (χ0n) is 9.97. The molecule has 6 atom stereocenters. The standard InChI is InChI=1S/C10H19NO7/c1-4(2-6(11)13)17-10-9(16)8(15)7(14)5(3-12)18-10/h4-5,7-10,12,14-16H,2-3H2,1H3,(H2,11,13)/t4?,5?,7-,8+,9?,10+/m1/s1. The van der Waals surface area contributed by atoms with Gasteiger partial charge in [-0.05, 0) is 6.92 Å². The van der Waals surface area contributed by atoms with Crippen LogP contribution in [0.3, 0.4) is 0 Å². The summed E-state index contributed by atoms with van der Waals surface area (Å²) in [5, 5.41) is 37.6. The van der Waals surface area contributed by atoms with Crippen molar-refractivity contribution in [2.75, 3.05) is 6.61 Å². The highest BCUT2D eigenvalue weighted by Gasteiger charge is 2.44. The summed E-state index contributed by atoms with van der Waals surface area (Å²) in [4.78, 5) is 10.7. The SMILES string of the molecule is CC(CC(N)=O)O[C@H]1OC(CO)[C@@H](O)[C@H](O)C1O. The van der Waals surface area contributed by atoms with Crippen molar-refractivity contribution in [1.29, 1.82) is 0 Å². The van der Waals surface area contributed by atoms with E-state index in [1.165, 1.54) is 0 Å². The van der Waals surface area contributed by atoms with E-state index in [1.54, 1.807) is 6.92 Å². The second kappa shape index (κ2) is 6.41. The topological polar surface area (TPSA) is 142 Å². The lowest BCUT2D eigenvalue weighted by atomic mass is 9.99. The van der Waals surface area contributed by atoms with Crippen LogP contribution in [-0.4, -0.2) is 69.8 Å². The molecule has 1 rings (SSSR count). The Hall–Kier alpha value is -0.770. The van der Waals surface area contributed by atoms with Crippen LogP contribution in [0.5, 0.6) is 0 Å². The molecule has 0 aromatic rings. The average molecular weight is 265 g/mol. The van der Waals surface area contributed by atoms with Gasteiger partial charge in [-0.25, -0.2) is 0 Å². The molecule has 1 fully saturated rings. The number of amides is 1. The van der Waals surface area contributed by atoms with E-state index >= 15 is 0 Å². The maximum absolute atomic E-state index is 10.7. The van der Waals surface area contributed by atoms with Gasteiger partial charge >= 0.3 is 0 Å². The van der Waals surface area contributed by atoms with Crippen molar-refractivity contribution in [3.8, 4) is 0 Å². The van der Waals surface area contributed by atoms with Crippen LogP contribution in [0.2, 0.25) is 0 Å². The Labute approximate surface area is 104 Å². The molecule has 1 amide bonds. The Morgan fingerprint density at radius 1 is 1.33 bits per heavy atom. The van der Waals surface area contributed by atoms with Gasteiger partial charge in [0.05, 0.1) is 19.1 Å². The van der Waals surface area contributed by atoms with Crippen LogP contribution in [0, 0.1) is 0 Å². The van der Waals surface area contributed by atoms with Crippen molar-refractivity contribution in [3.63, 3.8) is 0 Å². The number of aliphatic hydroxyl groups excluding tert-OH is 4. The number of aliphatic hydroxyl groups is 4. The maximum atomic E-state index is 10.7. The van der Waals surface area contributed by atoms with Gasteiger partial charge in [0.2, 0.25) is 5.91 Å². The zero-order chi connectivity index (χ0) is 13.9. The molecular weight excluding hydrogens is 246 g/mol. The molecule has 8 heteroatoms. The smallest absolute Gasteiger partial charge is 0.220 e. The van der Waals surface area contributed by atoms with Gasteiger partial charge in [0.1, 0.15) is 24.4 Å². The molecule has 106 valence electrons. The van der Waals surface area contributed by atoms with E-state index in [9.17, 15) is 20.1 Å². The van der Waals surface area contributed by atoms with E-state index < -0.39 is 49.3 Å². The van der Waals surface area contributed by atoms with Crippen molar-refractivity contribution in [3.05, 3.63) is 0 Å². The van der Waals surface area contributed by atoms with Gasteiger partial charge in [0.25, 0.3) is 0 Å². The maximum Gasteiger partial charge on any atom is 0.220 e. The van der Waals surface area contributed by atoms with Gasteiger partial charge in [-0.15, -0.1) is 0 Å². The fourth-order valence-corrected chi connectivity index (χ4v) is 1.74. The molecule has 1 aliphatic heterocycles. The third kappa shape index (κ3) is 3.61. The quantitative estimate of drug-likeness (QED) is 0.358. The molecule has 1 saturated heterocycles. The van der Waals surface area contributed by atoms with Crippen LogP contribution in [0.4, 0.5) is 0 Å². The van der Waals surface area contributed by atoms with E-state index in [2.05, 4.69) is 0 Å². The van der Waals surface area contributed by atoms with Crippen LogP contribution in [-0.2, 0) is 14.3 Å². The zero-order valence-corrected chi connectivity index (χ0v) is 9.97. The third-order valence-corrected chi connectivity index (χ3v) is 2.70. The first-order valence-electron chi connectivity index (χ1n) is 5.61. The normalized spacial score (nSPS) is 38.4. The fourth-order valence-electron chi connectivity index (χ4n) is 1.74. The molecule has 0 saturated carbocycles. The molecule has 0 aliphatic carbocycles. The van der Waals surface area contributed by atoms with Crippen molar-refractivity contribution in [1.82, 2.24) is 0 Å². The summed E-state index contributed by atoms with van der Waals surface area (Å²) in [6, 6.07) is 0. The third-order valence-electron chi connectivity index (χ3n) is 2.70. The van der Waals surface area contributed by atoms with E-state index in [-0.39, 0.29) is 6.42 Å². The van der Waals surface area contributed by atoms with E-state index in [0.29, 0.717) is 0 Å². The summed E-state index contributed by atoms with van der Waals surface area (Å²) in [5.74, 6) is -0.577. The Balaban J connectivity index is 2.61. The summed E-state index contributed by atoms with van der Waals surface area (Å²) in [7, 11) is 0. The molecule has 8 nitrogen and oxygen atoms in total. The van der Waals surface area contributed by atoms with Gasteiger partial charge in [-0.1, -0.05) is 0 Å². The molecule has 0 spiro atoms. The van der Waals surface area contributed by atoms with Gasteiger partial charge in [-0.3, -0.25) is 4.79 Å².